The van der Waals surface area contributed by atoms with Gasteiger partial charge in [-0.1, -0.05) is 12.2 Å². The van der Waals surface area contributed by atoms with E-state index in [-0.39, 0.29) is 6.61 Å². The second kappa shape index (κ2) is 4.45. The zero-order valence-corrected chi connectivity index (χ0v) is 8.98. The molecule has 2 heterocycles. The molecule has 0 unspecified atom stereocenters. The first kappa shape index (κ1) is 10.2. The normalized spacial score (nSPS) is 15.7. The van der Waals surface area contributed by atoms with Crippen molar-refractivity contribution < 1.29 is 5.11 Å². The maximum Gasteiger partial charge on any atom is 0.129 e. The van der Waals surface area contributed by atoms with Crippen molar-refractivity contribution in [2.75, 3.05) is 18.0 Å². The lowest BCUT2D eigenvalue weighted by Gasteiger charge is -2.25. The molecule has 3 heteroatoms. The molecule has 1 N–H and O–H groups in total. The van der Waals surface area contributed by atoms with Crippen molar-refractivity contribution in [3.63, 3.8) is 0 Å². The summed E-state index contributed by atoms with van der Waals surface area (Å²) in [5, 5.41) is 9.12. The molecule has 0 atom stereocenters. The number of nitrogens with zero attached hydrogens (tertiary/aromatic N) is 2. The molecule has 1 aliphatic heterocycles. The fourth-order valence-corrected chi connectivity index (χ4v) is 1.82. The molecule has 0 spiro atoms. The molecule has 0 amide bonds. The van der Waals surface area contributed by atoms with E-state index in [0.29, 0.717) is 0 Å². The second-order valence-electron chi connectivity index (χ2n) is 3.84. The van der Waals surface area contributed by atoms with Gasteiger partial charge in [0, 0.05) is 18.8 Å². The molecule has 1 aliphatic rings. The summed E-state index contributed by atoms with van der Waals surface area (Å²) in [6, 6.07) is 3.88. The van der Waals surface area contributed by atoms with E-state index in [4.69, 9.17) is 5.11 Å². The van der Waals surface area contributed by atoms with Gasteiger partial charge in [-0.25, -0.2) is 4.98 Å². The lowest BCUT2D eigenvalue weighted by Crippen LogP contribution is -2.27. The van der Waals surface area contributed by atoms with Crippen LogP contribution in [0.15, 0.2) is 24.3 Å². The van der Waals surface area contributed by atoms with Crippen LogP contribution in [-0.2, 0) is 6.61 Å². The molecule has 80 valence electrons. The highest BCUT2D eigenvalue weighted by Gasteiger charge is 2.09. The van der Waals surface area contributed by atoms with Gasteiger partial charge in [0.15, 0.2) is 0 Å². The number of pyridine rings is 1. The summed E-state index contributed by atoms with van der Waals surface area (Å²) in [7, 11) is 0. The first-order valence-electron chi connectivity index (χ1n) is 5.28. The van der Waals surface area contributed by atoms with Crippen molar-refractivity contribution in [1.29, 1.82) is 0 Å². The first-order valence-corrected chi connectivity index (χ1v) is 5.28. The summed E-state index contributed by atoms with van der Waals surface area (Å²) in [4.78, 5) is 6.71. The minimum atomic E-state index is 0.0834. The monoisotopic (exact) mass is 204 g/mol. The molecule has 3 nitrogen and oxygen atoms in total. The predicted molar refractivity (Wildman–Crippen MR) is 60.9 cm³/mol. The van der Waals surface area contributed by atoms with E-state index in [1.165, 1.54) is 0 Å². The Labute approximate surface area is 90.1 Å². The number of aliphatic hydroxyl groups is 1. The lowest BCUT2D eigenvalue weighted by molar-refractivity contribution is 0.281. The molecule has 0 aromatic carbocycles. The third-order valence-electron chi connectivity index (χ3n) is 2.56. The minimum Gasteiger partial charge on any atom is -0.392 e. The van der Waals surface area contributed by atoms with E-state index < -0.39 is 0 Å². The molecular formula is C12H16N2O. The standard InChI is InChI=1S/C12H16N2O/c1-10-7-11(9-15)8-12(13-10)14-5-3-2-4-6-14/h2-3,7-8,15H,4-6,9H2,1H3. The van der Waals surface area contributed by atoms with Crippen molar-refractivity contribution in [1.82, 2.24) is 4.98 Å². The largest absolute Gasteiger partial charge is 0.392 e. The molecule has 0 radical (unpaired) electrons. The number of hydrogen-bond donors (Lipinski definition) is 1. The molecule has 0 saturated heterocycles. The summed E-state index contributed by atoms with van der Waals surface area (Å²) in [5.41, 5.74) is 1.90. The van der Waals surface area contributed by atoms with E-state index in [2.05, 4.69) is 22.0 Å². The van der Waals surface area contributed by atoms with Gasteiger partial charge in [-0.15, -0.1) is 0 Å². The molecule has 0 bridgehead atoms. The Bertz CT molecular complexity index is 374. The van der Waals surface area contributed by atoms with Crippen LogP contribution in [0.3, 0.4) is 0 Å². The van der Waals surface area contributed by atoms with Gasteiger partial charge in [0.1, 0.15) is 5.82 Å². The topological polar surface area (TPSA) is 36.4 Å². The Morgan fingerprint density at radius 3 is 2.93 bits per heavy atom. The third-order valence-corrected chi connectivity index (χ3v) is 2.56. The zero-order chi connectivity index (χ0) is 10.7. The molecular weight excluding hydrogens is 188 g/mol. The van der Waals surface area contributed by atoms with Crippen LogP contribution >= 0.6 is 0 Å². The molecule has 0 saturated carbocycles. The van der Waals surface area contributed by atoms with Crippen LogP contribution in [-0.4, -0.2) is 23.2 Å². The highest BCUT2D eigenvalue weighted by atomic mass is 16.3. The third kappa shape index (κ3) is 2.36. The Hall–Kier alpha value is -1.35. The average Bonchev–Trinajstić information content (AvgIpc) is 2.29. The number of anilines is 1. The molecule has 2 rings (SSSR count). The quantitative estimate of drug-likeness (QED) is 0.744. The van der Waals surface area contributed by atoms with Crippen molar-refractivity contribution in [3.05, 3.63) is 35.5 Å². The Kier molecular flexibility index (Phi) is 3.02. The SMILES string of the molecule is Cc1cc(CO)cc(N2CC=CCC2)n1. The van der Waals surface area contributed by atoms with Crippen LogP contribution < -0.4 is 4.90 Å². The number of hydrogen-bond acceptors (Lipinski definition) is 3. The number of aromatic nitrogens is 1. The van der Waals surface area contributed by atoms with Gasteiger partial charge in [0.05, 0.1) is 6.61 Å². The maximum atomic E-state index is 9.12. The van der Waals surface area contributed by atoms with Crippen LogP contribution in [0.5, 0.6) is 0 Å². The Morgan fingerprint density at radius 1 is 1.40 bits per heavy atom. The molecule has 15 heavy (non-hydrogen) atoms. The maximum absolute atomic E-state index is 9.12. The highest BCUT2D eigenvalue weighted by Crippen LogP contribution is 2.17. The van der Waals surface area contributed by atoms with Crippen molar-refractivity contribution in [3.8, 4) is 0 Å². The van der Waals surface area contributed by atoms with Crippen LogP contribution in [0.4, 0.5) is 5.82 Å². The van der Waals surface area contributed by atoms with Crippen molar-refractivity contribution >= 4 is 5.82 Å². The highest BCUT2D eigenvalue weighted by molar-refractivity contribution is 5.44. The van der Waals surface area contributed by atoms with E-state index in [0.717, 1.165) is 36.6 Å². The Morgan fingerprint density at radius 2 is 2.27 bits per heavy atom. The van der Waals surface area contributed by atoms with Crippen molar-refractivity contribution in [2.24, 2.45) is 0 Å². The first-order chi connectivity index (χ1) is 7.29. The molecule has 1 aromatic rings. The van der Waals surface area contributed by atoms with Crippen LogP contribution in [0, 0.1) is 6.92 Å². The van der Waals surface area contributed by atoms with Crippen LogP contribution in [0.1, 0.15) is 17.7 Å². The summed E-state index contributed by atoms with van der Waals surface area (Å²) in [6.07, 6.45) is 5.43. The minimum absolute atomic E-state index is 0.0834. The van der Waals surface area contributed by atoms with Crippen molar-refractivity contribution in [2.45, 2.75) is 20.0 Å². The molecule has 1 aromatic heterocycles. The number of rotatable bonds is 2. The second-order valence-corrected chi connectivity index (χ2v) is 3.84. The number of aryl methyl sites for hydroxylation is 1. The van der Waals surface area contributed by atoms with Gasteiger partial charge < -0.3 is 10.0 Å². The lowest BCUT2D eigenvalue weighted by atomic mass is 10.2. The van der Waals surface area contributed by atoms with E-state index in [1.54, 1.807) is 0 Å². The average molecular weight is 204 g/mol. The summed E-state index contributed by atoms with van der Waals surface area (Å²) < 4.78 is 0. The van der Waals surface area contributed by atoms with Gasteiger partial charge in [0.25, 0.3) is 0 Å². The van der Waals surface area contributed by atoms with E-state index in [9.17, 15) is 0 Å². The van der Waals surface area contributed by atoms with Gasteiger partial charge in [-0.3, -0.25) is 0 Å². The molecule has 0 fully saturated rings. The van der Waals surface area contributed by atoms with Gasteiger partial charge in [-0.05, 0) is 31.0 Å². The van der Waals surface area contributed by atoms with E-state index in [1.807, 2.05) is 19.1 Å². The summed E-state index contributed by atoms with van der Waals surface area (Å²) >= 11 is 0. The zero-order valence-electron chi connectivity index (χ0n) is 8.98. The van der Waals surface area contributed by atoms with Crippen LogP contribution in [0.25, 0.3) is 0 Å². The predicted octanol–water partition coefficient (Wildman–Crippen LogP) is 1.65. The molecule has 0 aliphatic carbocycles. The fraction of sp³-hybridized carbons (Fsp3) is 0.417. The van der Waals surface area contributed by atoms with E-state index >= 15 is 0 Å². The van der Waals surface area contributed by atoms with Gasteiger partial charge in [-0.2, -0.15) is 0 Å². The van der Waals surface area contributed by atoms with Gasteiger partial charge >= 0.3 is 0 Å². The summed E-state index contributed by atoms with van der Waals surface area (Å²) in [5.74, 6) is 0.975. The summed E-state index contributed by atoms with van der Waals surface area (Å²) in [6.45, 7) is 3.97. The smallest absolute Gasteiger partial charge is 0.129 e. The Balaban J connectivity index is 2.26. The fourth-order valence-electron chi connectivity index (χ4n) is 1.82. The number of aliphatic hydroxyl groups excluding tert-OH is 1. The van der Waals surface area contributed by atoms with Gasteiger partial charge in [0.2, 0.25) is 0 Å². The van der Waals surface area contributed by atoms with Crippen LogP contribution in [0.2, 0.25) is 0 Å².